The summed E-state index contributed by atoms with van der Waals surface area (Å²) >= 11 is 0. The summed E-state index contributed by atoms with van der Waals surface area (Å²) in [4.78, 5) is 24.9. The number of hydrogen-bond acceptors (Lipinski definition) is 3. The molecule has 1 aromatic rings. The first-order valence-electron chi connectivity index (χ1n) is 9.67. The second-order valence-electron chi connectivity index (χ2n) is 7.63. The maximum absolute atomic E-state index is 12.5. The minimum atomic E-state index is -0.764. The Labute approximate surface area is 150 Å². The molecule has 1 N–H and O–H groups in total. The van der Waals surface area contributed by atoms with Crippen molar-refractivity contribution in [2.45, 2.75) is 90.3 Å². The fourth-order valence-electron chi connectivity index (χ4n) is 3.90. The van der Waals surface area contributed by atoms with Crippen LogP contribution < -0.4 is 5.32 Å². The number of amides is 1. The molecule has 1 heterocycles. The lowest BCUT2D eigenvalue weighted by Crippen LogP contribution is -2.41. The van der Waals surface area contributed by atoms with Crippen LogP contribution in [0.4, 0.5) is 0 Å². The van der Waals surface area contributed by atoms with Gasteiger partial charge >= 0.3 is 5.97 Å². The van der Waals surface area contributed by atoms with Gasteiger partial charge in [0, 0.05) is 23.5 Å². The minimum absolute atomic E-state index is 0.184. The predicted molar refractivity (Wildman–Crippen MR) is 96.7 cm³/mol. The van der Waals surface area contributed by atoms with Gasteiger partial charge in [0.15, 0.2) is 6.10 Å². The molecule has 0 aliphatic heterocycles. The molecule has 3 rings (SSSR count). The number of hydrogen-bond donors (Lipinski definition) is 1. The Kier molecular flexibility index (Phi) is 5.50. The van der Waals surface area contributed by atoms with E-state index in [9.17, 15) is 9.59 Å². The number of carbonyl (C=O) groups is 2. The second-order valence-corrected chi connectivity index (χ2v) is 7.63. The first kappa shape index (κ1) is 18.0. The van der Waals surface area contributed by atoms with E-state index in [4.69, 9.17) is 4.74 Å². The Bertz CT molecular complexity index is 638. The monoisotopic (exact) mass is 346 g/mol. The van der Waals surface area contributed by atoms with Crippen LogP contribution in [0.15, 0.2) is 6.07 Å². The fourth-order valence-corrected chi connectivity index (χ4v) is 3.90. The zero-order chi connectivity index (χ0) is 18.0. The molecule has 5 nitrogen and oxygen atoms in total. The third-order valence-electron chi connectivity index (χ3n) is 5.47. The Morgan fingerprint density at radius 2 is 1.76 bits per heavy atom. The molecule has 2 aliphatic carbocycles. The van der Waals surface area contributed by atoms with E-state index in [0.717, 1.165) is 37.1 Å². The number of carbonyl (C=O) groups excluding carboxylic acids is 2. The van der Waals surface area contributed by atoms with E-state index in [2.05, 4.69) is 9.88 Å². The number of rotatable bonds is 5. The number of ether oxygens (including phenoxy) is 1. The lowest BCUT2D eigenvalue weighted by atomic mass is 10.1. The van der Waals surface area contributed by atoms with Crippen molar-refractivity contribution >= 4 is 11.9 Å². The Balaban J connectivity index is 1.58. The quantitative estimate of drug-likeness (QED) is 0.651. The van der Waals surface area contributed by atoms with E-state index in [-0.39, 0.29) is 11.9 Å². The third kappa shape index (κ3) is 4.25. The maximum atomic E-state index is 12.5. The lowest BCUT2D eigenvalue weighted by Gasteiger charge is -2.19. The first-order valence-corrected chi connectivity index (χ1v) is 9.67. The van der Waals surface area contributed by atoms with Crippen molar-refractivity contribution in [1.29, 1.82) is 0 Å². The van der Waals surface area contributed by atoms with Gasteiger partial charge in [0.2, 0.25) is 0 Å². The lowest BCUT2D eigenvalue weighted by molar-refractivity contribution is -0.129. The van der Waals surface area contributed by atoms with Crippen molar-refractivity contribution in [2.75, 3.05) is 0 Å². The Hall–Kier alpha value is -1.78. The molecule has 2 fully saturated rings. The Morgan fingerprint density at radius 3 is 2.36 bits per heavy atom. The highest BCUT2D eigenvalue weighted by atomic mass is 16.5. The van der Waals surface area contributed by atoms with Crippen molar-refractivity contribution in [2.24, 2.45) is 0 Å². The third-order valence-corrected chi connectivity index (χ3v) is 5.47. The van der Waals surface area contributed by atoms with Gasteiger partial charge in [-0.15, -0.1) is 0 Å². The van der Waals surface area contributed by atoms with E-state index in [1.165, 1.54) is 25.7 Å². The van der Waals surface area contributed by atoms with Gasteiger partial charge in [-0.2, -0.15) is 0 Å². The summed E-state index contributed by atoms with van der Waals surface area (Å²) in [7, 11) is 0. The van der Waals surface area contributed by atoms with Crippen LogP contribution in [0.25, 0.3) is 0 Å². The molecular weight excluding hydrogens is 316 g/mol. The molecule has 0 unspecified atom stereocenters. The van der Waals surface area contributed by atoms with E-state index in [1.54, 1.807) is 6.92 Å². The first-order chi connectivity index (χ1) is 12.0. The highest BCUT2D eigenvalue weighted by Crippen LogP contribution is 2.38. The maximum Gasteiger partial charge on any atom is 0.340 e. The molecule has 138 valence electrons. The standard InChI is InChI=1S/C20H30N2O3/c1-13-12-18(14(2)22(13)17-10-11-17)20(24)25-15(3)19(23)21-16-8-6-4-5-7-9-16/h12,15-17H,4-11H2,1-3H3,(H,21,23)/t15-/m1/s1. The summed E-state index contributed by atoms with van der Waals surface area (Å²) in [6, 6.07) is 2.62. The van der Waals surface area contributed by atoms with E-state index >= 15 is 0 Å². The summed E-state index contributed by atoms with van der Waals surface area (Å²) in [6.07, 6.45) is 8.43. The molecule has 2 aliphatic rings. The van der Waals surface area contributed by atoms with Crippen LogP contribution in [0.5, 0.6) is 0 Å². The molecule has 1 amide bonds. The smallest absolute Gasteiger partial charge is 0.340 e. The molecule has 0 radical (unpaired) electrons. The van der Waals surface area contributed by atoms with Gasteiger partial charge in [0.25, 0.3) is 5.91 Å². The average molecular weight is 346 g/mol. The van der Waals surface area contributed by atoms with Gasteiger partial charge in [0.05, 0.1) is 5.56 Å². The Morgan fingerprint density at radius 1 is 1.12 bits per heavy atom. The minimum Gasteiger partial charge on any atom is -0.449 e. The highest BCUT2D eigenvalue weighted by Gasteiger charge is 2.30. The summed E-state index contributed by atoms with van der Waals surface area (Å²) in [5.74, 6) is -0.584. The normalized spacial score (nSPS) is 20.0. The van der Waals surface area contributed by atoms with Crippen LogP contribution in [0, 0.1) is 13.8 Å². The molecule has 0 aromatic carbocycles. The molecular formula is C20H30N2O3. The van der Waals surface area contributed by atoms with Gasteiger partial charge in [0.1, 0.15) is 0 Å². The highest BCUT2D eigenvalue weighted by molar-refractivity contribution is 5.93. The number of aryl methyl sites for hydroxylation is 1. The number of nitrogens with one attached hydrogen (secondary N) is 1. The number of esters is 1. The molecule has 0 saturated heterocycles. The van der Waals surface area contributed by atoms with E-state index in [0.29, 0.717) is 11.6 Å². The number of aromatic nitrogens is 1. The van der Waals surface area contributed by atoms with Gasteiger partial charge in [-0.25, -0.2) is 4.79 Å². The van der Waals surface area contributed by atoms with Gasteiger partial charge < -0.3 is 14.6 Å². The van der Waals surface area contributed by atoms with Crippen LogP contribution >= 0.6 is 0 Å². The zero-order valence-electron chi connectivity index (χ0n) is 15.6. The molecule has 0 bridgehead atoms. The molecule has 0 spiro atoms. The predicted octanol–water partition coefficient (Wildman–Crippen LogP) is 3.82. The number of nitrogens with zero attached hydrogens (tertiary/aromatic N) is 1. The van der Waals surface area contributed by atoms with Crippen LogP contribution in [0.3, 0.4) is 0 Å². The van der Waals surface area contributed by atoms with Crippen molar-refractivity contribution < 1.29 is 14.3 Å². The van der Waals surface area contributed by atoms with Crippen LogP contribution in [-0.4, -0.2) is 28.6 Å². The van der Waals surface area contributed by atoms with E-state index < -0.39 is 12.1 Å². The molecule has 1 aromatic heterocycles. The van der Waals surface area contributed by atoms with Gasteiger partial charge in [-0.1, -0.05) is 25.7 Å². The van der Waals surface area contributed by atoms with Gasteiger partial charge in [-0.05, 0) is 52.5 Å². The van der Waals surface area contributed by atoms with Crippen molar-refractivity contribution in [3.63, 3.8) is 0 Å². The fraction of sp³-hybridized carbons (Fsp3) is 0.700. The SMILES string of the molecule is Cc1cc(C(=O)O[C@H](C)C(=O)NC2CCCCCC2)c(C)n1C1CC1. The summed E-state index contributed by atoms with van der Waals surface area (Å²) in [6.45, 7) is 5.63. The van der Waals surface area contributed by atoms with Crippen LogP contribution in [0.2, 0.25) is 0 Å². The largest absolute Gasteiger partial charge is 0.449 e. The molecule has 1 atom stereocenters. The zero-order valence-corrected chi connectivity index (χ0v) is 15.6. The topological polar surface area (TPSA) is 60.3 Å². The van der Waals surface area contributed by atoms with Gasteiger partial charge in [-0.3, -0.25) is 4.79 Å². The van der Waals surface area contributed by atoms with Crippen molar-refractivity contribution in [3.8, 4) is 0 Å². The average Bonchev–Trinajstić information content (AvgIpc) is 3.37. The molecule has 25 heavy (non-hydrogen) atoms. The molecule has 2 saturated carbocycles. The molecule has 5 heteroatoms. The van der Waals surface area contributed by atoms with Crippen LogP contribution in [-0.2, 0) is 9.53 Å². The van der Waals surface area contributed by atoms with E-state index in [1.807, 2.05) is 19.9 Å². The van der Waals surface area contributed by atoms with Crippen molar-refractivity contribution in [3.05, 3.63) is 23.0 Å². The summed E-state index contributed by atoms with van der Waals surface area (Å²) < 4.78 is 7.67. The second kappa shape index (κ2) is 7.63. The van der Waals surface area contributed by atoms with Crippen LogP contribution in [0.1, 0.15) is 86.1 Å². The van der Waals surface area contributed by atoms with Crippen molar-refractivity contribution in [1.82, 2.24) is 9.88 Å². The summed E-state index contributed by atoms with van der Waals surface area (Å²) in [5, 5.41) is 3.05. The summed E-state index contributed by atoms with van der Waals surface area (Å²) in [5.41, 5.74) is 2.61.